The molecule has 2 aromatic heterocycles. The topological polar surface area (TPSA) is 129 Å². The molecule has 198 valence electrons. The number of hydrogen-bond donors (Lipinski definition) is 4. The third-order valence-electron chi connectivity index (χ3n) is 7.54. The summed E-state index contributed by atoms with van der Waals surface area (Å²) in [5.41, 5.74) is 11.1. The Balaban J connectivity index is 1.37. The number of aromatic nitrogens is 3. The second kappa shape index (κ2) is 9.89. The zero-order valence-electron chi connectivity index (χ0n) is 22.2. The Kier molecular flexibility index (Phi) is 6.60. The third-order valence-corrected chi connectivity index (χ3v) is 7.54. The number of amides is 2. The Morgan fingerprint density at radius 3 is 2.47 bits per heavy atom. The van der Waals surface area contributed by atoms with Crippen molar-refractivity contribution in [2.75, 3.05) is 19.4 Å². The molecule has 9 nitrogen and oxygen atoms in total. The van der Waals surface area contributed by atoms with Crippen LogP contribution in [0.1, 0.15) is 39.4 Å². The van der Waals surface area contributed by atoms with Gasteiger partial charge in [0.2, 0.25) is 5.91 Å². The summed E-state index contributed by atoms with van der Waals surface area (Å²) in [4.78, 5) is 38.9. The van der Waals surface area contributed by atoms with E-state index in [0.29, 0.717) is 6.54 Å². The summed E-state index contributed by atoms with van der Waals surface area (Å²) in [6.45, 7) is 6.45. The minimum absolute atomic E-state index is 0.0910. The Morgan fingerprint density at radius 2 is 1.79 bits per heavy atom. The number of ether oxygens (including phenoxy) is 1. The number of alkyl carbamates (subject to hydrolysis) is 1. The molecule has 0 aliphatic carbocycles. The lowest BCUT2D eigenvalue weighted by Gasteiger charge is -2.37. The van der Waals surface area contributed by atoms with Crippen LogP contribution in [0.5, 0.6) is 0 Å². The highest BCUT2D eigenvalue weighted by atomic mass is 16.5. The molecule has 5 N–H and O–H groups in total. The van der Waals surface area contributed by atoms with Crippen molar-refractivity contribution in [2.24, 2.45) is 5.92 Å². The molecule has 0 saturated carbocycles. The Bertz CT molecular complexity index is 1470. The van der Waals surface area contributed by atoms with E-state index in [4.69, 9.17) is 15.5 Å². The van der Waals surface area contributed by atoms with Gasteiger partial charge in [-0.3, -0.25) is 4.79 Å². The van der Waals surface area contributed by atoms with Crippen LogP contribution in [0.4, 0.5) is 10.5 Å². The molecule has 9 heteroatoms. The summed E-state index contributed by atoms with van der Waals surface area (Å²) in [6, 6.07) is 15.5. The van der Waals surface area contributed by atoms with Crippen molar-refractivity contribution in [1.82, 2.24) is 25.2 Å². The van der Waals surface area contributed by atoms with Crippen molar-refractivity contribution in [3.05, 3.63) is 60.6 Å². The van der Waals surface area contributed by atoms with E-state index in [9.17, 15) is 9.59 Å². The first kappa shape index (κ1) is 25.4. The van der Waals surface area contributed by atoms with Gasteiger partial charge in [0, 0.05) is 28.8 Å². The molecule has 2 amide bonds. The second-order valence-corrected chi connectivity index (χ2v) is 10.5. The molecule has 1 saturated heterocycles. The first-order valence-corrected chi connectivity index (χ1v) is 12.9. The Morgan fingerprint density at radius 1 is 1.08 bits per heavy atom. The first-order valence-electron chi connectivity index (χ1n) is 12.9. The lowest BCUT2D eigenvalue weighted by Crippen LogP contribution is -2.55. The van der Waals surface area contributed by atoms with Crippen LogP contribution in [-0.4, -0.2) is 51.5 Å². The van der Waals surface area contributed by atoms with E-state index in [0.717, 1.165) is 57.8 Å². The van der Waals surface area contributed by atoms with E-state index in [1.54, 1.807) is 0 Å². The number of benzene rings is 2. The molecule has 1 fully saturated rings. The van der Waals surface area contributed by atoms with E-state index in [-0.39, 0.29) is 11.8 Å². The normalized spacial score (nSPS) is 18.2. The number of H-pyrrole nitrogens is 2. The van der Waals surface area contributed by atoms with Crippen molar-refractivity contribution in [3.63, 3.8) is 0 Å². The van der Waals surface area contributed by atoms with Crippen LogP contribution in [0.25, 0.3) is 33.4 Å². The van der Waals surface area contributed by atoms with E-state index in [1.807, 2.05) is 50.1 Å². The largest absolute Gasteiger partial charge is 0.453 e. The lowest BCUT2D eigenvalue weighted by atomic mass is 9.95. The number of methoxy groups -OCH3 is 1. The number of carbonyl (C=O) groups excluding carboxylic acids is 2. The van der Waals surface area contributed by atoms with Crippen molar-refractivity contribution in [3.8, 4) is 22.5 Å². The SMILES string of the molecule is COC(=O)NC(C(=O)N1CCCC1(C)c1ncc(-c2ccc(-c3cc4cc(N)ccc4[nH]3)cc2)[nH]1)C(C)C. The van der Waals surface area contributed by atoms with Crippen LogP contribution in [0, 0.1) is 5.92 Å². The highest BCUT2D eigenvalue weighted by molar-refractivity contribution is 5.88. The molecular formula is C29H34N6O3. The van der Waals surface area contributed by atoms with Gasteiger partial charge in [-0.25, -0.2) is 9.78 Å². The van der Waals surface area contributed by atoms with Crippen LogP contribution in [0.15, 0.2) is 54.7 Å². The van der Waals surface area contributed by atoms with Crippen LogP contribution in [-0.2, 0) is 15.1 Å². The summed E-state index contributed by atoms with van der Waals surface area (Å²) in [7, 11) is 1.30. The van der Waals surface area contributed by atoms with Crippen LogP contribution < -0.4 is 11.1 Å². The molecule has 3 heterocycles. The Hall–Kier alpha value is -4.27. The minimum atomic E-state index is -0.678. The number of rotatable bonds is 6. The average molecular weight is 515 g/mol. The number of hydrogen-bond acceptors (Lipinski definition) is 5. The number of anilines is 1. The molecule has 0 bridgehead atoms. The van der Waals surface area contributed by atoms with Crippen molar-refractivity contribution in [1.29, 1.82) is 0 Å². The Labute approximate surface area is 221 Å². The van der Waals surface area contributed by atoms with Gasteiger partial charge < -0.3 is 30.7 Å². The molecule has 4 aromatic rings. The van der Waals surface area contributed by atoms with E-state index in [1.165, 1.54) is 7.11 Å². The number of nitrogens with two attached hydrogens (primary N) is 1. The number of carbonyl (C=O) groups is 2. The lowest BCUT2D eigenvalue weighted by molar-refractivity contribution is -0.138. The summed E-state index contributed by atoms with van der Waals surface area (Å²) >= 11 is 0. The summed E-state index contributed by atoms with van der Waals surface area (Å²) < 4.78 is 4.74. The number of nitrogen functional groups attached to an aromatic ring is 1. The molecule has 2 atom stereocenters. The van der Waals surface area contributed by atoms with Crippen molar-refractivity contribution < 1.29 is 14.3 Å². The molecule has 2 aromatic carbocycles. The van der Waals surface area contributed by atoms with E-state index >= 15 is 0 Å². The van der Waals surface area contributed by atoms with Crippen molar-refractivity contribution in [2.45, 2.75) is 45.2 Å². The highest BCUT2D eigenvalue weighted by Gasteiger charge is 2.45. The smallest absolute Gasteiger partial charge is 0.407 e. The fraction of sp³-hybridized carbons (Fsp3) is 0.345. The number of nitrogens with one attached hydrogen (secondary N) is 3. The first-order chi connectivity index (χ1) is 18.2. The van der Waals surface area contributed by atoms with Gasteiger partial charge in [0.15, 0.2) is 0 Å². The minimum Gasteiger partial charge on any atom is -0.453 e. The standard InChI is InChI=1S/C29H34N6O3/c1-17(2)25(34-28(37)38-4)26(36)35-13-5-12-29(35,3)27-31-16-24(33-27)19-8-6-18(7-9-19)23-15-20-14-21(30)10-11-22(20)32-23/h6-11,14-17,25,32H,5,12-13,30H2,1-4H3,(H,31,33)(H,34,37). The zero-order chi connectivity index (χ0) is 27.0. The van der Waals surface area contributed by atoms with Crippen molar-refractivity contribution >= 4 is 28.6 Å². The number of likely N-dealkylation sites (tertiary alicyclic amines) is 1. The average Bonchev–Trinajstić information content (AvgIpc) is 3.65. The molecule has 1 aliphatic rings. The second-order valence-electron chi connectivity index (χ2n) is 10.5. The quantitative estimate of drug-likeness (QED) is 0.268. The van der Waals surface area contributed by atoms with Gasteiger partial charge in [0.1, 0.15) is 11.9 Å². The number of aromatic amines is 2. The van der Waals surface area contributed by atoms with E-state index < -0.39 is 17.7 Å². The molecule has 38 heavy (non-hydrogen) atoms. The monoisotopic (exact) mass is 514 g/mol. The molecular weight excluding hydrogens is 480 g/mol. The van der Waals surface area contributed by atoms with Crippen LogP contribution >= 0.6 is 0 Å². The maximum absolute atomic E-state index is 13.6. The fourth-order valence-corrected chi connectivity index (χ4v) is 5.31. The van der Waals surface area contributed by atoms with Gasteiger partial charge in [-0.2, -0.15) is 0 Å². The predicted molar refractivity (Wildman–Crippen MR) is 148 cm³/mol. The maximum atomic E-state index is 13.6. The molecule has 5 rings (SSSR count). The molecule has 1 aliphatic heterocycles. The fourth-order valence-electron chi connectivity index (χ4n) is 5.31. The molecule has 2 unspecified atom stereocenters. The van der Waals surface area contributed by atoms with E-state index in [2.05, 4.69) is 45.6 Å². The number of nitrogens with zero attached hydrogens (tertiary/aromatic N) is 2. The summed E-state index contributed by atoms with van der Waals surface area (Å²) in [5, 5.41) is 3.78. The molecule has 0 radical (unpaired) electrons. The van der Waals surface area contributed by atoms with Crippen LogP contribution in [0.3, 0.4) is 0 Å². The van der Waals surface area contributed by atoms with Crippen LogP contribution in [0.2, 0.25) is 0 Å². The highest BCUT2D eigenvalue weighted by Crippen LogP contribution is 2.39. The third kappa shape index (κ3) is 4.60. The summed E-state index contributed by atoms with van der Waals surface area (Å²) in [5.74, 6) is 0.510. The maximum Gasteiger partial charge on any atom is 0.407 e. The van der Waals surface area contributed by atoms with Gasteiger partial charge in [-0.15, -0.1) is 0 Å². The van der Waals surface area contributed by atoms with Gasteiger partial charge in [-0.05, 0) is 61.1 Å². The summed E-state index contributed by atoms with van der Waals surface area (Å²) in [6.07, 6.45) is 2.83. The molecule has 0 spiro atoms. The van der Waals surface area contributed by atoms with Gasteiger partial charge in [0.05, 0.1) is 24.5 Å². The van der Waals surface area contributed by atoms with Gasteiger partial charge in [0.25, 0.3) is 0 Å². The van der Waals surface area contributed by atoms with Gasteiger partial charge in [-0.1, -0.05) is 38.1 Å². The van der Waals surface area contributed by atoms with Gasteiger partial charge >= 0.3 is 6.09 Å². The predicted octanol–water partition coefficient (Wildman–Crippen LogP) is 5.03. The number of fused-ring (bicyclic) bond motifs is 1. The number of imidazole rings is 1. The zero-order valence-corrected chi connectivity index (χ0v) is 22.2.